The summed E-state index contributed by atoms with van der Waals surface area (Å²) in [6.07, 6.45) is 3.44. The summed E-state index contributed by atoms with van der Waals surface area (Å²) in [6, 6.07) is 15.5. The fourth-order valence-corrected chi connectivity index (χ4v) is 4.55. The summed E-state index contributed by atoms with van der Waals surface area (Å²) in [4.78, 5) is 33.2. The van der Waals surface area contributed by atoms with E-state index in [0.29, 0.717) is 43.2 Å². The Morgan fingerprint density at radius 1 is 1.24 bits per heavy atom. The Kier molecular flexibility index (Phi) is 6.82. The van der Waals surface area contributed by atoms with E-state index in [-0.39, 0.29) is 11.5 Å². The van der Waals surface area contributed by atoms with Gasteiger partial charge in [0.2, 0.25) is 5.88 Å². The lowest BCUT2D eigenvalue weighted by Crippen LogP contribution is -2.37. The van der Waals surface area contributed by atoms with E-state index in [9.17, 15) is 14.7 Å². The smallest absolute Gasteiger partial charge is 0.275 e. The number of para-hydroxylation sites is 1. The maximum absolute atomic E-state index is 13.8. The average molecular weight is 460 g/mol. The van der Waals surface area contributed by atoms with Gasteiger partial charge in [-0.15, -0.1) is 6.58 Å². The summed E-state index contributed by atoms with van der Waals surface area (Å²) in [7, 11) is 1.53. The lowest BCUT2D eigenvalue weighted by molar-refractivity contribution is 0.0784. The van der Waals surface area contributed by atoms with E-state index >= 15 is 0 Å². The fraction of sp³-hybridized carbons (Fsp3) is 0.296. The van der Waals surface area contributed by atoms with Crippen LogP contribution in [0.4, 0.5) is 0 Å². The molecule has 176 valence electrons. The molecule has 1 N–H and O–H groups in total. The van der Waals surface area contributed by atoms with Gasteiger partial charge in [-0.1, -0.05) is 48.5 Å². The largest absolute Gasteiger partial charge is 0.495 e. The first-order valence-corrected chi connectivity index (χ1v) is 11.4. The van der Waals surface area contributed by atoms with Crippen molar-refractivity contribution in [3.8, 4) is 17.3 Å². The van der Waals surface area contributed by atoms with Crippen LogP contribution in [0.3, 0.4) is 0 Å². The van der Waals surface area contributed by atoms with E-state index in [1.807, 2.05) is 49.4 Å². The topological polar surface area (TPSA) is 84.7 Å². The summed E-state index contributed by atoms with van der Waals surface area (Å²) in [5.41, 5.74) is 1.53. The molecule has 0 aliphatic carbocycles. The number of aromatic hydroxyl groups is 1. The van der Waals surface area contributed by atoms with Crippen LogP contribution in [0.25, 0.3) is 5.69 Å². The number of hydrogen-bond acceptors (Lipinski definition) is 5. The Balaban J connectivity index is 1.79. The highest BCUT2D eigenvalue weighted by Crippen LogP contribution is 2.30. The third-order valence-corrected chi connectivity index (χ3v) is 6.31. The molecule has 2 heterocycles. The van der Waals surface area contributed by atoms with Crippen molar-refractivity contribution in [2.45, 2.75) is 32.1 Å². The Morgan fingerprint density at radius 3 is 2.71 bits per heavy atom. The fourth-order valence-electron chi connectivity index (χ4n) is 4.55. The van der Waals surface area contributed by atoms with Crippen molar-refractivity contribution in [3.05, 3.63) is 94.1 Å². The van der Waals surface area contributed by atoms with Crippen molar-refractivity contribution < 1.29 is 14.6 Å². The second-order valence-corrected chi connectivity index (χ2v) is 8.47. The van der Waals surface area contributed by atoms with Gasteiger partial charge in [-0.2, -0.15) is 4.98 Å². The summed E-state index contributed by atoms with van der Waals surface area (Å²) < 4.78 is 6.92. The lowest BCUT2D eigenvalue weighted by Gasteiger charge is -2.21. The zero-order valence-corrected chi connectivity index (χ0v) is 19.5. The second-order valence-electron chi connectivity index (χ2n) is 8.47. The normalized spacial score (nSPS) is 15.4. The Hall–Kier alpha value is -3.87. The van der Waals surface area contributed by atoms with E-state index in [1.54, 1.807) is 17.0 Å². The third-order valence-electron chi connectivity index (χ3n) is 6.31. The van der Waals surface area contributed by atoms with E-state index in [2.05, 4.69) is 11.6 Å². The van der Waals surface area contributed by atoms with Gasteiger partial charge < -0.3 is 14.7 Å². The molecule has 1 amide bonds. The van der Waals surface area contributed by atoms with Gasteiger partial charge in [-0.3, -0.25) is 14.2 Å². The number of allylic oxidation sites excluding steroid dienone is 1. The molecular weight excluding hydrogens is 430 g/mol. The van der Waals surface area contributed by atoms with Crippen LogP contribution >= 0.6 is 0 Å². The number of aromatic nitrogens is 2. The third kappa shape index (κ3) is 4.33. The minimum Gasteiger partial charge on any atom is -0.495 e. The molecule has 2 aromatic carbocycles. The maximum atomic E-state index is 13.8. The first-order valence-electron chi connectivity index (χ1n) is 11.4. The molecule has 1 fully saturated rings. The molecule has 4 rings (SSSR count). The number of benzene rings is 2. The van der Waals surface area contributed by atoms with E-state index in [0.717, 1.165) is 17.5 Å². The zero-order chi connectivity index (χ0) is 24.2. The van der Waals surface area contributed by atoms with Crippen molar-refractivity contribution in [2.75, 3.05) is 20.2 Å². The van der Waals surface area contributed by atoms with Gasteiger partial charge in [0.15, 0.2) is 5.56 Å². The number of amides is 1. The molecule has 1 aliphatic heterocycles. The lowest BCUT2D eigenvalue weighted by atomic mass is 9.99. The number of likely N-dealkylation sites (tertiary alicyclic amines) is 1. The van der Waals surface area contributed by atoms with E-state index in [1.165, 1.54) is 11.7 Å². The molecule has 0 radical (unpaired) electrons. The number of rotatable bonds is 7. The Morgan fingerprint density at radius 2 is 2.00 bits per heavy atom. The van der Waals surface area contributed by atoms with Crippen LogP contribution in [-0.4, -0.2) is 45.7 Å². The maximum Gasteiger partial charge on any atom is 0.275 e. The summed E-state index contributed by atoms with van der Waals surface area (Å²) >= 11 is 0. The van der Waals surface area contributed by atoms with Gasteiger partial charge in [0.05, 0.1) is 12.8 Å². The van der Waals surface area contributed by atoms with Crippen LogP contribution in [0.2, 0.25) is 0 Å². The average Bonchev–Trinajstić information content (AvgIpc) is 3.34. The highest BCUT2D eigenvalue weighted by Gasteiger charge is 2.33. The summed E-state index contributed by atoms with van der Waals surface area (Å²) in [6.45, 7) is 6.59. The Labute approximate surface area is 199 Å². The van der Waals surface area contributed by atoms with Gasteiger partial charge in [-0.05, 0) is 37.0 Å². The van der Waals surface area contributed by atoms with Crippen LogP contribution in [0.5, 0.6) is 11.6 Å². The molecule has 34 heavy (non-hydrogen) atoms. The van der Waals surface area contributed by atoms with Crippen molar-refractivity contribution >= 4 is 5.91 Å². The molecule has 0 unspecified atom stereocenters. The van der Waals surface area contributed by atoms with Crippen LogP contribution in [0.1, 0.15) is 46.1 Å². The number of nitrogens with zero attached hydrogens (tertiary/aromatic N) is 3. The number of carbonyl (C=O) groups is 1. The number of ether oxygens (including phenoxy) is 1. The SMILES string of the molecule is C=CCCc1nc(O)c(C(=O)N2CC[C@H](c3ccccc3)C2)c(=O)n1-c1c(C)cccc1OC. The first kappa shape index (κ1) is 23.3. The molecule has 7 heteroatoms. The molecule has 7 nitrogen and oxygen atoms in total. The molecule has 1 saturated heterocycles. The minimum absolute atomic E-state index is 0.186. The predicted molar refractivity (Wildman–Crippen MR) is 131 cm³/mol. The zero-order valence-electron chi connectivity index (χ0n) is 19.5. The van der Waals surface area contributed by atoms with E-state index < -0.39 is 17.3 Å². The first-order chi connectivity index (χ1) is 16.5. The number of hydrogen-bond donors (Lipinski definition) is 1. The van der Waals surface area contributed by atoms with Crippen LogP contribution in [0.15, 0.2) is 66.0 Å². The molecular formula is C27H29N3O4. The van der Waals surface area contributed by atoms with Crippen molar-refractivity contribution in [3.63, 3.8) is 0 Å². The minimum atomic E-state index is -0.604. The molecule has 1 aliphatic rings. The highest BCUT2D eigenvalue weighted by molar-refractivity contribution is 5.96. The van der Waals surface area contributed by atoms with Crippen LogP contribution < -0.4 is 10.3 Å². The van der Waals surface area contributed by atoms with Gasteiger partial charge >= 0.3 is 0 Å². The number of aryl methyl sites for hydroxylation is 2. The van der Waals surface area contributed by atoms with Gasteiger partial charge in [0.1, 0.15) is 11.6 Å². The van der Waals surface area contributed by atoms with Crippen LogP contribution in [0, 0.1) is 6.92 Å². The highest BCUT2D eigenvalue weighted by atomic mass is 16.5. The summed E-state index contributed by atoms with van der Waals surface area (Å²) in [5.74, 6) is -0.0369. The van der Waals surface area contributed by atoms with Crippen molar-refractivity contribution in [2.24, 2.45) is 0 Å². The molecule has 0 spiro atoms. The van der Waals surface area contributed by atoms with Crippen molar-refractivity contribution in [1.82, 2.24) is 14.5 Å². The molecule has 3 aromatic rings. The number of carbonyl (C=O) groups excluding carboxylic acids is 1. The standard InChI is InChI=1S/C27H29N3O4/c1-4-5-14-22-28-25(31)23(27(33)30(22)24-18(2)10-9-13-21(24)34-3)26(32)29-16-15-20(17-29)19-11-7-6-8-12-19/h4,6-13,20,31H,1,5,14-17H2,2-3H3/t20-/m0/s1. The monoisotopic (exact) mass is 459 g/mol. The molecule has 1 aromatic heterocycles. The quantitative estimate of drug-likeness (QED) is 0.540. The van der Waals surface area contributed by atoms with E-state index in [4.69, 9.17) is 4.74 Å². The van der Waals surface area contributed by atoms with Crippen molar-refractivity contribution in [1.29, 1.82) is 0 Å². The Bertz CT molecular complexity index is 1270. The van der Waals surface area contributed by atoms with Gasteiger partial charge in [0, 0.05) is 25.4 Å². The number of methoxy groups -OCH3 is 1. The van der Waals surface area contributed by atoms with Gasteiger partial charge in [-0.25, -0.2) is 0 Å². The predicted octanol–water partition coefficient (Wildman–Crippen LogP) is 4.00. The molecule has 0 saturated carbocycles. The molecule has 0 bridgehead atoms. The van der Waals surface area contributed by atoms with Gasteiger partial charge in [0.25, 0.3) is 11.5 Å². The summed E-state index contributed by atoms with van der Waals surface area (Å²) in [5, 5.41) is 10.7. The van der Waals surface area contributed by atoms with Crippen LogP contribution in [-0.2, 0) is 6.42 Å². The molecule has 1 atom stereocenters. The second kappa shape index (κ2) is 9.95.